The molecule has 2 aromatic rings. The molecule has 2 rings (SSSR count). The van der Waals surface area contributed by atoms with E-state index in [1.165, 1.54) is 5.56 Å². The van der Waals surface area contributed by atoms with E-state index in [1.54, 1.807) is 6.07 Å². The van der Waals surface area contributed by atoms with Crippen LogP contribution in [0.4, 0.5) is 11.4 Å². The maximum atomic E-state index is 9.10. The van der Waals surface area contributed by atoms with Gasteiger partial charge in [-0.25, -0.2) is 0 Å². The summed E-state index contributed by atoms with van der Waals surface area (Å²) in [5, 5.41) is 12.3. The van der Waals surface area contributed by atoms with Crippen LogP contribution in [0.2, 0.25) is 0 Å². The fourth-order valence-corrected chi connectivity index (χ4v) is 2.28. The van der Waals surface area contributed by atoms with Gasteiger partial charge in [-0.3, -0.25) is 0 Å². The highest BCUT2D eigenvalue weighted by Crippen LogP contribution is 2.26. The number of hydrogen-bond acceptors (Lipinski definition) is 2. The lowest BCUT2D eigenvalue weighted by molar-refractivity contribution is 1.41. The third-order valence-corrected chi connectivity index (χ3v) is 3.90. The van der Waals surface area contributed by atoms with E-state index in [0.717, 1.165) is 20.3 Å². The number of nitrogens with zero attached hydrogens (tertiary/aromatic N) is 1. The minimum absolute atomic E-state index is 0.612. The number of halogens is 2. The molecule has 90 valence electrons. The third-order valence-electron chi connectivity index (χ3n) is 2.55. The molecule has 4 heteroatoms. The summed E-state index contributed by atoms with van der Waals surface area (Å²) in [6.07, 6.45) is 0. The van der Waals surface area contributed by atoms with Gasteiger partial charge in [0.05, 0.1) is 11.3 Å². The summed E-state index contributed by atoms with van der Waals surface area (Å²) < 4.78 is 1.94. The molecule has 0 atom stereocenters. The fraction of sp³-hybridized carbons (Fsp3) is 0.0714. The number of benzene rings is 2. The fourth-order valence-electron chi connectivity index (χ4n) is 1.54. The first-order valence-electron chi connectivity index (χ1n) is 5.33. The van der Waals surface area contributed by atoms with Crippen LogP contribution in [0.25, 0.3) is 0 Å². The number of rotatable bonds is 2. The molecular weight excluding hydrogens is 356 g/mol. The van der Waals surface area contributed by atoms with Crippen LogP contribution in [-0.4, -0.2) is 0 Å². The van der Waals surface area contributed by atoms with Crippen LogP contribution >= 0.6 is 31.9 Å². The Morgan fingerprint density at radius 1 is 1.11 bits per heavy atom. The molecule has 0 unspecified atom stereocenters. The minimum Gasteiger partial charge on any atom is -0.354 e. The molecule has 18 heavy (non-hydrogen) atoms. The monoisotopic (exact) mass is 364 g/mol. The normalized spacial score (nSPS) is 9.89. The van der Waals surface area contributed by atoms with Gasteiger partial charge in [-0.1, -0.05) is 37.9 Å². The van der Waals surface area contributed by atoms with Gasteiger partial charge in [-0.15, -0.1) is 0 Å². The summed E-state index contributed by atoms with van der Waals surface area (Å²) in [4.78, 5) is 0. The average molecular weight is 366 g/mol. The van der Waals surface area contributed by atoms with Gasteiger partial charge in [0.25, 0.3) is 0 Å². The molecule has 0 heterocycles. The van der Waals surface area contributed by atoms with Gasteiger partial charge >= 0.3 is 0 Å². The molecule has 0 aliphatic carbocycles. The van der Waals surface area contributed by atoms with E-state index < -0.39 is 0 Å². The van der Waals surface area contributed by atoms with E-state index in [-0.39, 0.29) is 0 Å². The highest BCUT2D eigenvalue weighted by Gasteiger charge is 2.04. The molecule has 2 nitrogen and oxygen atoms in total. The summed E-state index contributed by atoms with van der Waals surface area (Å²) in [5.41, 5.74) is 3.54. The zero-order chi connectivity index (χ0) is 13.1. The van der Waals surface area contributed by atoms with Crippen LogP contribution in [0.5, 0.6) is 0 Å². The summed E-state index contributed by atoms with van der Waals surface area (Å²) in [6, 6.07) is 13.8. The maximum Gasteiger partial charge on any atom is 0.101 e. The van der Waals surface area contributed by atoms with Crippen LogP contribution in [0, 0.1) is 18.3 Å². The molecule has 0 amide bonds. The zero-order valence-electron chi connectivity index (χ0n) is 9.67. The number of anilines is 2. The second-order valence-corrected chi connectivity index (χ2v) is 5.66. The molecule has 0 bridgehead atoms. The highest BCUT2D eigenvalue weighted by atomic mass is 79.9. The van der Waals surface area contributed by atoms with E-state index in [0.29, 0.717) is 5.56 Å². The van der Waals surface area contributed by atoms with Crippen molar-refractivity contribution in [1.29, 1.82) is 5.26 Å². The van der Waals surface area contributed by atoms with Gasteiger partial charge in [0.1, 0.15) is 6.07 Å². The van der Waals surface area contributed by atoms with Gasteiger partial charge in [0, 0.05) is 14.6 Å². The smallest absolute Gasteiger partial charge is 0.101 e. The van der Waals surface area contributed by atoms with E-state index in [2.05, 4.69) is 43.2 Å². The van der Waals surface area contributed by atoms with Crippen molar-refractivity contribution in [2.75, 3.05) is 5.32 Å². The van der Waals surface area contributed by atoms with Crippen molar-refractivity contribution < 1.29 is 0 Å². The van der Waals surface area contributed by atoms with E-state index in [1.807, 2.05) is 37.3 Å². The Hall–Kier alpha value is -1.31. The van der Waals surface area contributed by atoms with Crippen molar-refractivity contribution in [2.24, 2.45) is 0 Å². The van der Waals surface area contributed by atoms with Gasteiger partial charge in [0.2, 0.25) is 0 Å². The lowest BCUT2D eigenvalue weighted by atomic mass is 10.1. The summed E-state index contributed by atoms with van der Waals surface area (Å²) >= 11 is 6.85. The van der Waals surface area contributed by atoms with Crippen molar-refractivity contribution in [3.63, 3.8) is 0 Å². The number of hydrogen-bond donors (Lipinski definition) is 1. The van der Waals surface area contributed by atoms with E-state index >= 15 is 0 Å². The van der Waals surface area contributed by atoms with Gasteiger partial charge < -0.3 is 5.32 Å². The molecule has 0 aliphatic rings. The van der Waals surface area contributed by atoms with Crippen molar-refractivity contribution in [3.05, 3.63) is 56.5 Å². The summed E-state index contributed by atoms with van der Waals surface area (Å²) in [5.74, 6) is 0. The molecule has 0 spiro atoms. The average Bonchev–Trinajstić information content (AvgIpc) is 2.36. The molecule has 1 N–H and O–H groups in total. The topological polar surface area (TPSA) is 35.8 Å². The number of nitriles is 1. The predicted octanol–water partition coefficient (Wildman–Crippen LogP) is 5.14. The molecule has 0 fully saturated rings. The quantitative estimate of drug-likeness (QED) is 0.800. The largest absolute Gasteiger partial charge is 0.354 e. The zero-order valence-corrected chi connectivity index (χ0v) is 12.8. The van der Waals surface area contributed by atoms with Crippen LogP contribution < -0.4 is 5.32 Å². The molecule has 0 saturated heterocycles. The molecular formula is C14H10Br2N2. The predicted molar refractivity (Wildman–Crippen MR) is 81.0 cm³/mol. The van der Waals surface area contributed by atoms with Crippen molar-refractivity contribution in [1.82, 2.24) is 0 Å². The lowest BCUT2D eigenvalue weighted by Gasteiger charge is -2.09. The number of aryl methyl sites for hydroxylation is 1. The third kappa shape index (κ3) is 2.92. The minimum atomic E-state index is 0.612. The van der Waals surface area contributed by atoms with Crippen LogP contribution in [0.3, 0.4) is 0 Å². The Morgan fingerprint density at radius 2 is 1.89 bits per heavy atom. The Labute approximate surface area is 123 Å². The first-order valence-corrected chi connectivity index (χ1v) is 6.91. The van der Waals surface area contributed by atoms with E-state index in [4.69, 9.17) is 5.26 Å². The molecule has 2 aromatic carbocycles. The SMILES string of the molecule is Cc1ccc(Nc2ccc(Br)cc2C#N)cc1Br. The van der Waals surface area contributed by atoms with Gasteiger partial charge in [-0.2, -0.15) is 5.26 Å². The Bertz CT molecular complexity index is 630. The second kappa shape index (κ2) is 5.55. The molecule has 0 radical (unpaired) electrons. The molecule has 0 saturated carbocycles. The first-order chi connectivity index (χ1) is 8.60. The van der Waals surface area contributed by atoms with Crippen LogP contribution in [-0.2, 0) is 0 Å². The molecule has 0 aliphatic heterocycles. The number of nitrogens with one attached hydrogen (secondary N) is 1. The Kier molecular flexibility index (Phi) is 4.05. The second-order valence-electron chi connectivity index (χ2n) is 3.89. The highest BCUT2D eigenvalue weighted by molar-refractivity contribution is 9.10. The molecule has 0 aromatic heterocycles. The standard InChI is InChI=1S/C14H10Br2N2/c1-9-2-4-12(7-13(9)16)18-14-5-3-11(15)6-10(14)8-17/h2-7,18H,1H3. The first kappa shape index (κ1) is 13.1. The van der Waals surface area contributed by atoms with Crippen molar-refractivity contribution in [3.8, 4) is 6.07 Å². The van der Waals surface area contributed by atoms with Gasteiger partial charge in [-0.05, 0) is 42.8 Å². The van der Waals surface area contributed by atoms with Crippen LogP contribution in [0.1, 0.15) is 11.1 Å². The van der Waals surface area contributed by atoms with Crippen LogP contribution in [0.15, 0.2) is 45.3 Å². The lowest BCUT2D eigenvalue weighted by Crippen LogP contribution is -1.94. The van der Waals surface area contributed by atoms with E-state index in [9.17, 15) is 0 Å². The Morgan fingerprint density at radius 3 is 2.56 bits per heavy atom. The Balaban J connectivity index is 2.34. The summed E-state index contributed by atoms with van der Waals surface area (Å²) in [6.45, 7) is 2.04. The van der Waals surface area contributed by atoms with Crippen molar-refractivity contribution >= 4 is 43.2 Å². The van der Waals surface area contributed by atoms with Crippen molar-refractivity contribution in [2.45, 2.75) is 6.92 Å². The van der Waals surface area contributed by atoms with Gasteiger partial charge in [0.15, 0.2) is 0 Å². The maximum absolute atomic E-state index is 9.10. The summed E-state index contributed by atoms with van der Waals surface area (Å²) in [7, 11) is 0.